The molecule has 0 heterocycles. The third-order valence-corrected chi connectivity index (χ3v) is 2.46. The van der Waals surface area contributed by atoms with Gasteiger partial charge < -0.3 is 15.8 Å². The van der Waals surface area contributed by atoms with Crippen molar-refractivity contribution < 1.29 is 14.3 Å². The van der Waals surface area contributed by atoms with Gasteiger partial charge in [-0.25, -0.2) is 4.79 Å². The Bertz CT molecular complexity index is 505. The second-order valence-corrected chi connectivity index (χ2v) is 4.18. The Hall–Kier alpha value is -2.01. The molecular weight excluding hydrogens is 268 g/mol. The molecular formula is C13H15ClN2O3. The molecule has 0 aliphatic carbocycles. The van der Waals surface area contributed by atoms with Gasteiger partial charge in [-0.3, -0.25) is 4.79 Å². The maximum Gasteiger partial charge on any atom is 0.345 e. The Morgan fingerprint density at radius 1 is 1.32 bits per heavy atom. The van der Waals surface area contributed by atoms with Crippen molar-refractivity contribution in [2.75, 3.05) is 11.9 Å². The van der Waals surface area contributed by atoms with Gasteiger partial charge in [-0.1, -0.05) is 11.6 Å². The fourth-order valence-electron chi connectivity index (χ4n) is 1.36. The van der Waals surface area contributed by atoms with Gasteiger partial charge in [0.25, 0.3) is 5.91 Å². The van der Waals surface area contributed by atoms with E-state index in [4.69, 9.17) is 22.1 Å². The summed E-state index contributed by atoms with van der Waals surface area (Å²) in [5.74, 6) is -1.35. The molecule has 0 saturated heterocycles. The standard InChI is InChI=1S/C13H15ClN2O3/c1-3-19-13(18)11(8(2)15)12(17)16-10-6-4-9(14)5-7-10/h4-7H,3,15H2,1-2H3,(H,16,17)/b11-8-. The Kier molecular flexibility index (Phi) is 5.38. The lowest BCUT2D eigenvalue weighted by atomic mass is 10.2. The molecule has 0 bridgehead atoms. The van der Waals surface area contributed by atoms with Crippen LogP contribution in [0, 0.1) is 0 Å². The Morgan fingerprint density at radius 3 is 2.37 bits per heavy atom. The molecule has 0 atom stereocenters. The van der Waals surface area contributed by atoms with Crippen molar-refractivity contribution in [3.63, 3.8) is 0 Å². The highest BCUT2D eigenvalue weighted by molar-refractivity contribution is 6.30. The molecule has 5 nitrogen and oxygen atoms in total. The predicted molar refractivity (Wildman–Crippen MR) is 73.6 cm³/mol. The van der Waals surface area contributed by atoms with E-state index in [9.17, 15) is 9.59 Å². The number of anilines is 1. The second kappa shape index (κ2) is 6.80. The number of amides is 1. The van der Waals surface area contributed by atoms with Gasteiger partial charge in [-0.15, -0.1) is 0 Å². The SMILES string of the molecule is CCOC(=O)/C(C(=O)Nc1ccc(Cl)cc1)=C(/C)N. The lowest BCUT2D eigenvalue weighted by Gasteiger charge is -2.09. The summed E-state index contributed by atoms with van der Waals surface area (Å²) in [4.78, 5) is 23.6. The number of halogens is 1. The molecule has 0 spiro atoms. The van der Waals surface area contributed by atoms with Crippen LogP contribution in [0.1, 0.15) is 13.8 Å². The van der Waals surface area contributed by atoms with Crippen LogP contribution in [0.2, 0.25) is 5.02 Å². The topological polar surface area (TPSA) is 81.4 Å². The van der Waals surface area contributed by atoms with Crippen molar-refractivity contribution in [2.24, 2.45) is 5.73 Å². The zero-order chi connectivity index (χ0) is 14.4. The first-order valence-corrected chi connectivity index (χ1v) is 6.04. The van der Waals surface area contributed by atoms with E-state index in [1.807, 2.05) is 0 Å². The van der Waals surface area contributed by atoms with Crippen LogP contribution in [0.4, 0.5) is 5.69 Å². The van der Waals surface area contributed by atoms with Crippen molar-refractivity contribution in [1.29, 1.82) is 0 Å². The summed E-state index contributed by atoms with van der Waals surface area (Å²) in [5.41, 5.74) is 5.96. The van der Waals surface area contributed by atoms with Crippen molar-refractivity contribution >= 4 is 29.2 Å². The Labute approximate surface area is 116 Å². The minimum absolute atomic E-state index is 0.102. The first-order chi connectivity index (χ1) is 8.95. The van der Waals surface area contributed by atoms with Gasteiger partial charge >= 0.3 is 5.97 Å². The summed E-state index contributed by atoms with van der Waals surface area (Å²) in [6, 6.07) is 6.49. The van der Waals surface area contributed by atoms with Crippen LogP contribution >= 0.6 is 11.6 Å². The van der Waals surface area contributed by atoms with E-state index in [1.165, 1.54) is 6.92 Å². The van der Waals surface area contributed by atoms with E-state index in [1.54, 1.807) is 31.2 Å². The van der Waals surface area contributed by atoms with E-state index >= 15 is 0 Å². The number of nitrogens with one attached hydrogen (secondary N) is 1. The number of benzene rings is 1. The lowest BCUT2D eigenvalue weighted by molar-refractivity contribution is -0.139. The number of hydrogen-bond acceptors (Lipinski definition) is 4. The highest BCUT2D eigenvalue weighted by Crippen LogP contribution is 2.15. The Morgan fingerprint density at radius 2 is 1.89 bits per heavy atom. The minimum Gasteiger partial charge on any atom is -0.462 e. The largest absolute Gasteiger partial charge is 0.462 e. The van der Waals surface area contributed by atoms with E-state index in [-0.39, 0.29) is 17.9 Å². The van der Waals surface area contributed by atoms with Crippen LogP contribution in [0.15, 0.2) is 35.5 Å². The third-order valence-electron chi connectivity index (χ3n) is 2.20. The van der Waals surface area contributed by atoms with Crippen molar-refractivity contribution in [2.45, 2.75) is 13.8 Å². The van der Waals surface area contributed by atoms with Gasteiger partial charge in [0.2, 0.25) is 0 Å². The zero-order valence-corrected chi connectivity index (χ0v) is 11.5. The van der Waals surface area contributed by atoms with Gasteiger partial charge in [0.05, 0.1) is 6.61 Å². The van der Waals surface area contributed by atoms with E-state index in [0.717, 1.165) is 0 Å². The van der Waals surface area contributed by atoms with Gasteiger partial charge in [0, 0.05) is 16.4 Å². The highest BCUT2D eigenvalue weighted by Gasteiger charge is 2.21. The summed E-state index contributed by atoms with van der Waals surface area (Å²) in [7, 11) is 0. The molecule has 19 heavy (non-hydrogen) atoms. The number of ether oxygens (including phenoxy) is 1. The monoisotopic (exact) mass is 282 g/mol. The van der Waals surface area contributed by atoms with Crippen LogP contribution in [0.25, 0.3) is 0 Å². The van der Waals surface area contributed by atoms with E-state index in [2.05, 4.69) is 5.32 Å². The maximum absolute atomic E-state index is 12.0. The van der Waals surface area contributed by atoms with Crippen molar-refractivity contribution in [1.82, 2.24) is 0 Å². The first kappa shape index (κ1) is 15.0. The number of carbonyl (C=O) groups excluding carboxylic acids is 2. The van der Waals surface area contributed by atoms with Crippen molar-refractivity contribution in [3.05, 3.63) is 40.6 Å². The molecule has 0 aromatic heterocycles. The molecule has 0 radical (unpaired) electrons. The minimum atomic E-state index is -0.742. The quantitative estimate of drug-likeness (QED) is 0.383. The molecule has 3 N–H and O–H groups in total. The van der Waals surface area contributed by atoms with Crippen LogP contribution in [-0.2, 0) is 14.3 Å². The number of nitrogens with two attached hydrogens (primary N) is 1. The molecule has 6 heteroatoms. The number of carbonyl (C=O) groups is 2. The van der Waals surface area contributed by atoms with Gasteiger partial charge in [-0.2, -0.15) is 0 Å². The summed E-state index contributed by atoms with van der Waals surface area (Å²) >= 11 is 5.74. The molecule has 1 aromatic carbocycles. The summed E-state index contributed by atoms with van der Waals surface area (Å²) < 4.78 is 4.78. The molecule has 0 fully saturated rings. The number of allylic oxidation sites excluding steroid dienone is 1. The highest BCUT2D eigenvalue weighted by atomic mass is 35.5. The average Bonchev–Trinajstić information content (AvgIpc) is 2.32. The molecule has 0 saturated carbocycles. The normalized spacial score (nSPS) is 11.5. The molecule has 102 valence electrons. The first-order valence-electron chi connectivity index (χ1n) is 5.66. The van der Waals surface area contributed by atoms with Crippen LogP contribution in [-0.4, -0.2) is 18.5 Å². The Balaban J connectivity index is 2.88. The fraction of sp³-hybridized carbons (Fsp3) is 0.231. The van der Waals surface area contributed by atoms with Gasteiger partial charge in [0.1, 0.15) is 5.57 Å². The predicted octanol–water partition coefficient (Wildman–Crippen LogP) is 2.07. The third kappa shape index (κ3) is 4.30. The van der Waals surface area contributed by atoms with Gasteiger partial charge in [-0.05, 0) is 38.1 Å². The molecule has 0 aliphatic rings. The van der Waals surface area contributed by atoms with E-state index < -0.39 is 11.9 Å². The second-order valence-electron chi connectivity index (χ2n) is 3.74. The molecule has 0 unspecified atom stereocenters. The number of esters is 1. The maximum atomic E-state index is 12.0. The molecule has 1 amide bonds. The van der Waals surface area contributed by atoms with E-state index in [0.29, 0.717) is 10.7 Å². The molecule has 1 rings (SSSR count). The summed E-state index contributed by atoms with van der Waals surface area (Å²) in [6.07, 6.45) is 0. The molecule has 0 aliphatic heterocycles. The van der Waals surface area contributed by atoms with Crippen molar-refractivity contribution in [3.8, 4) is 0 Å². The smallest absolute Gasteiger partial charge is 0.345 e. The van der Waals surface area contributed by atoms with Crippen LogP contribution in [0.3, 0.4) is 0 Å². The van der Waals surface area contributed by atoms with Gasteiger partial charge in [0.15, 0.2) is 0 Å². The summed E-state index contributed by atoms with van der Waals surface area (Å²) in [6.45, 7) is 3.29. The van der Waals surface area contributed by atoms with Crippen LogP contribution in [0.5, 0.6) is 0 Å². The average molecular weight is 283 g/mol. The lowest BCUT2D eigenvalue weighted by Crippen LogP contribution is -2.25. The number of hydrogen-bond donors (Lipinski definition) is 2. The fourth-order valence-corrected chi connectivity index (χ4v) is 1.49. The number of rotatable bonds is 4. The zero-order valence-electron chi connectivity index (χ0n) is 10.7. The van der Waals surface area contributed by atoms with Crippen LogP contribution < -0.4 is 11.1 Å². The molecule has 1 aromatic rings. The summed E-state index contributed by atoms with van der Waals surface area (Å²) in [5, 5.41) is 3.10.